The molecule has 0 saturated carbocycles. The van der Waals surface area contributed by atoms with E-state index in [9.17, 15) is 0 Å². The number of hydrogen-bond acceptors (Lipinski definition) is 2. The smallest absolute Gasteiger partial charge is 0.00943 e. The quantitative estimate of drug-likeness (QED) is 0.629. The molecule has 2 rings (SSSR count). The van der Waals surface area contributed by atoms with Crippen molar-refractivity contribution in [3.63, 3.8) is 0 Å². The second-order valence-electron chi connectivity index (χ2n) is 4.14. The Bertz CT molecular complexity index is 130. The van der Waals surface area contributed by atoms with Crippen LogP contribution >= 0.6 is 0 Å². The van der Waals surface area contributed by atoms with E-state index < -0.39 is 0 Å². The van der Waals surface area contributed by atoms with Crippen molar-refractivity contribution in [1.29, 1.82) is 0 Å². The largest absolute Gasteiger partial charge is 0.316 e. The Hall–Kier alpha value is -0.0800. The van der Waals surface area contributed by atoms with Crippen LogP contribution in [0.5, 0.6) is 0 Å². The van der Waals surface area contributed by atoms with Crippen molar-refractivity contribution in [2.45, 2.75) is 19.8 Å². The first-order chi connectivity index (χ1) is 5.35. The highest BCUT2D eigenvalue weighted by Gasteiger charge is 2.43. The van der Waals surface area contributed by atoms with E-state index in [4.69, 9.17) is 0 Å². The molecule has 0 amide bonds. The third kappa shape index (κ3) is 1.30. The zero-order chi connectivity index (χ0) is 7.73. The third-order valence-electron chi connectivity index (χ3n) is 2.99. The molecule has 64 valence electrons. The maximum atomic E-state index is 3.45. The molecular weight excluding hydrogens is 136 g/mol. The molecule has 0 radical (unpaired) electrons. The van der Waals surface area contributed by atoms with Gasteiger partial charge in [-0.3, -0.25) is 0 Å². The first kappa shape index (κ1) is 7.56. The molecule has 0 aromatic carbocycles. The molecule has 2 heteroatoms. The average molecular weight is 154 g/mol. The first-order valence-corrected chi connectivity index (χ1v) is 4.78. The van der Waals surface area contributed by atoms with Gasteiger partial charge in [-0.2, -0.15) is 0 Å². The van der Waals surface area contributed by atoms with Crippen LogP contribution in [0.15, 0.2) is 0 Å². The number of nitrogens with zero attached hydrogens (tertiary/aromatic N) is 1. The summed E-state index contributed by atoms with van der Waals surface area (Å²) in [6.45, 7) is 8.80. The molecule has 0 bridgehead atoms. The van der Waals surface area contributed by atoms with Crippen LogP contribution in [0.25, 0.3) is 0 Å². The van der Waals surface area contributed by atoms with E-state index in [1.165, 1.54) is 45.6 Å². The van der Waals surface area contributed by atoms with Crippen LogP contribution in [0.3, 0.4) is 0 Å². The van der Waals surface area contributed by atoms with Crippen molar-refractivity contribution in [2.24, 2.45) is 5.41 Å². The van der Waals surface area contributed by atoms with E-state index in [1.807, 2.05) is 0 Å². The Morgan fingerprint density at radius 3 is 2.82 bits per heavy atom. The summed E-state index contributed by atoms with van der Waals surface area (Å²) in [6.07, 6.45) is 2.72. The van der Waals surface area contributed by atoms with Crippen LogP contribution in [0, 0.1) is 5.41 Å². The molecule has 0 aromatic heterocycles. The number of hydrogen-bond donors (Lipinski definition) is 1. The maximum absolute atomic E-state index is 3.45. The van der Waals surface area contributed by atoms with Gasteiger partial charge in [0.2, 0.25) is 0 Å². The van der Waals surface area contributed by atoms with Crippen molar-refractivity contribution in [1.82, 2.24) is 10.2 Å². The Kier molecular flexibility index (Phi) is 1.90. The highest BCUT2D eigenvalue weighted by molar-refractivity contribution is 4.99. The van der Waals surface area contributed by atoms with E-state index in [-0.39, 0.29) is 0 Å². The van der Waals surface area contributed by atoms with Crippen LogP contribution in [0.1, 0.15) is 19.8 Å². The minimum absolute atomic E-state index is 0.704. The SMILES string of the molecule is CCCN1CC2(CCNC2)C1. The zero-order valence-electron chi connectivity index (χ0n) is 7.40. The molecule has 11 heavy (non-hydrogen) atoms. The van der Waals surface area contributed by atoms with Crippen molar-refractivity contribution >= 4 is 0 Å². The van der Waals surface area contributed by atoms with Gasteiger partial charge in [-0.1, -0.05) is 6.92 Å². The maximum Gasteiger partial charge on any atom is 0.00943 e. The Morgan fingerprint density at radius 1 is 1.45 bits per heavy atom. The van der Waals surface area contributed by atoms with Crippen LogP contribution in [0.2, 0.25) is 0 Å². The number of likely N-dealkylation sites (tertiary alicyclic amines) is 1. The molecule has 2 fully saturated rings. The lowest BCUT2D eigenvalue weighted by Gasteiger charge is -2.47. The first-order valence-electron chi connectivity index (χ1n) is 4.78. The summed E-state index contributed by atoms with van der Waals surface area (Å²) in [7, 11) is 0. The molecule has 0 atom stereocenters. The minimum atomic E-state index is 0.704. The molecule has 0 aliphatic carbocycles. The summed E-state index contributed by atoms with van der Waals surface area (Å²) >= 11 is 0. The third-order valence-corrected chi connectivity index (χ3v) is 2.99. The lowest BCUT2D eigenvalue weighted by atomic mass is 9.79. The van der Waals surface area contributed by atoms with E-state index in [0.29, 0.717) is 5.41 Å². The van der Waals surface area contributed by atoms with Crippen LogP contribution in [-0.2, 0) is 0 Å². The van der Waals surface area contributed by atoms with E-state index in [2.05, 4.69) is 17.1 Å². The van der Waals surface area contributed by atoms with Gasteiger partial charge in [0.05, 0.1) is 0 Å². The second-order valence-corrected chi connectivity index (χ2v) is 4.14. The van der Waals surface area contributed by atoms with E-state index in [1.54, 1.807) is 0 Å². The summed E-state index contributed by atoms with van der Waals surface area (Å²) in [5, 5.41) is 3.45. The number of nitrogens with one attached hydrogen (secondary N) is 1. The van der Waals surface area contributed by atoms with Gasteiger partial charge in [0.15, 0.2) is 0 Å². The molecule has 2 saturated heterocycles. The highest BCUT2D eigenvalue weighted by Crippen LogP contribution is 2.35. The fraction of sp³-hybridized carbons (Fsp3) is 1.00. The van der Waals surface area contributed by atoms with Gasteiger partial charge >= 0.3 is 0 Å². The molecule has 1 spiro atoms. The summed E-state index contributed by atoms with van der Waals surface area (Å²) in [5.74, 6) is 0. The molecule has 0 unspecified atom stereocenters. The molecule has 2 heterocycles. The highest BCUT2D eigenvalue weighted by atomic mass is 15.2. The van der Waals surface area contributed by atoms with E-state index in [0.717, 1.165) is 0 Å². The lowest BCUT2D eigenvalue weighted by molar-refractivity contribution is 0.0174. The normalized spacial score (nSPS) is 29.2. The van der Waals surface area contributed by atoms with Gasteiger partial charge in [-0.15, -0.1) is 0 Å². The second kappa shape index (κ2) is 2.76. The summed E-state index contributed by atoms with van der Waals surface area (Å²) in [4.78, 5) is 2.58. The Morgan fingerprint density at radius 2 is 2.27 bits per heavy atom. The summed E-state index contributed by atoms with van der Waals surface area (Å²) in [5.41, 5.74) is 0.704. The number of rotatable bonds is 2. The monoisotopic (exact) mass is 154 g/mol. The standard InChI is InChI=1S/C9H18N2/c1-2-5-11-7-9(8-11)3-4-10-6-9/h10H,2-8H2,1H3. The van der Waals surface area contributed by atoms with E-state index >= 15 is 0 Å². The Balaban J connectivity index is 1.77. The van der Waals surface area contributed by atoms with Crippen molar-refractivity contribution in [3.8, 4) is 0 Å². The van der Waals surface area contributed by atoms with Crippen LogP contribution in [0.4, 0.5) is 0 Å². The molecule has 2 nitrogen and oxygen atoms in total. The van der Waals surface area contributed by atoms with Gasteiger partial charge in [-0.05, 0) is 25.9 Å². The lowest BCUT2D eigenvalue weighted by Crippen LogP contribution is -2.57. The van der Waals surface area contributed by atoms with Crippen molar-refractivity contribution in [2.75, 3.05) is 32.7 Å². The predicted molar refractivity (Wildman–Crippen MR) is 46.7 cm³/mol. The van der Waals surface area contributed by atoms with Crippen molar-refractivity contribution < 1.29 is 0 Å². The summed E-state index contributed by atoms with van der Waals surface area (Å²) in [6, 6.07) is 0. The van der Waals surface area contributed by atoms with Gasteiger partial charge < -0.3 is 10.2 Å². The van der Waals surface area contributed by atoms with Gasteiger partial charge in [0.25, 0.3) is 0 Å². The Labute approximate surface area is 69.0 Å². The molecule has 2 aliphatic rings. The fourth-order valence-corrected chi connectivity index (χ4v) is 2.44. The van der Waals surface area contributed by atoms with Gasteiger partial charge in [-0.25, -0.2) is 0 Å². The molecule has 0 aromatic rings. The van der Waals surface area contributed by atoms with Gasteiger partial charge in [0, 0.05) is 25.0 Å². The van der Waals surface area contributed by atoms with Crippen LogP contribution in [-0.4, -0.2) is 37.6 Å². The summed E-state index contributed by atoms with van der Waals surface area (Å²) < 4.78 is 0. The van der Waals surface area contributed by atoms with Crippen molar-refractivity contribution in [3.05, 3.63) is 0 Å². The topological polar surface area (TPSA) is 15.3 Å². The average Bonchev–Trinajstić information content (AvgIpc) is 2.35. The minimum Gasteiger partial charge on any atom is -0.316 e. The molecule has 2 aliphatic heterocycles. The predicted octanol–water partition coefficient (Wildman–Crippen LogP) is 0.692. The molecular formula is C9H18N2. The van der Waals surface area contributed by atoms with Crippen LogP contribution < -0.4 is 5.32 Å². The zero-order valence-corrected chi connectivity index (χ0v) is 7.40. The van der Waals surface area contributed by atoms with Gasteiger partial charge in [0.1, 0.15) is 0 Å². The molecule has 1 N–H and O–H groups in total. The fourth-order valence-electron chi connectivity index (χ4n) is 2.44.